The van der Waals surface area contributed by atoms with Crippen LogP contribution in [-0.2, 0) is 25.8 Å². The number of hydrogen-bond donors (Lipinski definition) is 0. The molecule has 0 aliphatic rings. The van der Waals surface area contributed by atoms with E-state index < -0.39 is 0 Å². The first-order chi connectivity index (χ1) is 5.84. The Morgan fingerprint density at radius 3 is 2.54 bits per heavy atom. The van der Waals surface area contributed by atoms with Crippen LogP contribution in [0.1, 0.15) is 10.4 Å². The third-order valence-electron chi connectivity index (χ3n) is 1.34. The molecule has 0 atom stereocenters. The van der Waals surface area contributed by atoms with E-state index in [1.165, 1.54) is 0 Å². The summed E-state index contributed by atoms with van der Waals surface area (Å²) in [4.78, 5) is 11.1. The van der Waals surface area contributed by atoms with Crippen LogP contribution in [0.3, 0.4) is 0 Å². The molecule has 0 unspecified atom stereocenters. The van der Waals surface area contributed by atoms with Gasteiger partial charge in [-0.2, -0.15) is 0 Å². The predicted molar refractivity (Wildman–Crippen MR) is 46.9 cm³/mol. The SMILES string of the molecule is C=CCOC(=O)c1ccccc1.[Mo]. The van der Waals surface area contributed by atoms with Crippen molar-refractivity contribution in [3.63, 3.8) is 0 Å². The molecule has 0 aromatic heterocycles. The Morgan fingerprint density at radius 1 is 1.38 bits per heavy atom. The first-order valence-corrected chi connectivity index (χ1v) is 3.67. The van der Waals surface area contributed by atoms with E-state index in [2.05, 4.69) is 6.58 Å². The average molecular weight is 258 g/mol. The second kappa shape index (κ2) is 6.61. The van der Waals surface area contributed by atoms with Crippen LogP contribution in [-0.4, -0.2) is 12.6 Å². The van der Waals surface area contributed by atoms with Gasteiger partial charge in [0, 0.05) is 21.1 Å². The average Bonchev–Trinajstić information content (AvgIpc) is 2.15. The molecule has 0 radical (unpaired) electrons. The Balaban J connectivity index is 0.00000144. The molecule has 68 valence electrons. The second-order valence-electron chi connectivity index (χ2n) is 2.25. The first kappa shape index (κ1) is 12.1. The molecule has 13 heavy (non-hydrogen) atoms. The van der Waals surface area contributed by atoms with E-state index in [1.807, 2.05) is 6.07 Å². The Labute approximate surface area is 91.9 Å². The summed E-state index contributed by atoms with van der Waals surface area (Å²) in [7, 11) is 0. The maximum atomic E-state index is 11.1. The molecule has 0 fully saturated rings. The minimum Gasteiger partial charge on any atom is -0.458 e. The number of esters is 1. The van der Waals surface area contributed by atoms with Gasteiger partial charge in [-0.1, -0.05) is 30.9 Å². The molecule has 0 saturated carbocycles. The van der Waals surface area contributed by atoms with Gasteiger partial charge in [0.05, 0.1) is 5.56 Å². The Hall–Kier alpha value is -0.882. The fraction of sp³-hybridized carbons (Fsp3) is 0.100. The number of ether oxygens (including phenoxy) is 1. The molecule has 0 aliphatic carbocycles. The normalized spacial score (nSPS) is 8.31. The van der Waals surface area contributed by atoms with E-state index in [9.17, 15) is 4.79 Å². The standard InChI is InChI=1S/C10H10O2.Mo/c1-2-8-12-10(11)9-6-4-3-5-7-9;/h2-7H,1,8H2;. The molecule has 0 amide bonds. The molecular formula is C10H10MoO2. The Kier molecular flexibility index (Phi) is 6.17. The summed E-state index contributed by atoms with van der Waals surface area (Å²) in [6, 6.07) is 8.87. The molecule has 0 spiro atoms. The van der Waals surface area contributed by atoms with Gasteiger partial charge >= 0.3 is 5.97 Å². The van der Waals surface area contributed by atoms with Crippen LogP contribution in [0.15, 0.2) is 43.0 Å². The van der Waals surface area contributed by atoms with E-state index in [-0.39, 0.29) is 33.6 Å². The summed E-state index contributed by atoms with van der Waals surface area (Å²) >= 11 is 0. The molecule has 0 N–H and O–H groups in total. The van der Waals surface area contributed by atoms with Crippen molar-refractivity contribution in [1.29, 1.82) is 0 Å². The fourth-order valence-electron chi connectivity index (χ4n) is 0.792. The van der Waals surface area contributed by atoms with Crippen molar-refractivity contribution in [1.82, 2.24) is 0 Å². The number of rotatable bonds is 3. The van der Waals surface area contributed by atoms with Gasteiger partial charge in [0.25, 0.3) is 0 Å². The molecule has 0 saturated heterocycles. The Bertz CT molecular complexity index is 270. The molecule has 1 rings (SSSR count). The smallest absolute Gasteiger partial charge is 0.338 e. The summed E-state index contributed by atoms with van der Waals surface area (Å²) in [5, 5.41) is 0. The van der Waals surface area contributed by atoms with Crippen molar-refractivity contribution in [2.24, 2.45) is 0 Å². The van der Waals surface area contributed by atoms with Crippen LogP contribution in [0.5, 0.6) is 0 Å². The van der Waals surface area contributed by atoms with E-state index in [0.29, 0.717) is 5.56 Å². The predicted octanol–water partition coefficient (Wildman–Crippen LogP) is 2.03. The van der Waals surface area contributed by atoms with Crippen LogP contribution < -0.4 is 0 Å². The number of benzene rings is 1. The van der Waals surface area contributed by atoms with Crippen LogP contribution in [0.2, 0.25) is 0 Å². The first-order valence-electron chi connectivity index (χ1n) is 3.67. The molecule has 1 aromatic rings. The molecule has 0 heterocycles. The van der Waals surface area contributed by atoms with E-state index in [1.54, 1.807) is 30.3 Å². The number of carbonyl (C=O) groups is 1. The van der Waals surface area contributed by atoms with Gasteiger partial charge in [-0.15, -0.1) is 0 Å². The van der Waals surface area contributed by atoms with Crippen molar-refractivity contribution < 1.29 is 30.6 Å². The summed E-state index contributed by atoms with van der Waals surface area (Å²) in [6.07, 6.45) is 1.54. The summed E-state index contributed by atoms with van der Waals surface area (Å²) in [6.45, 7) is 3.71. The number of carbonyl (C=O) groups excluding carboxylic acids is 1. The summed E-state index contributed by atoms with van der Waals surface area (Å²) in [5.74, 6) is -0.310. The second-order valence-corrected chi connectivity index (χ2v) is 2.25. The van der Waals surface area contributed by atoms with Crippen molar-refractivity contribution in [3.05, 3.63) is 48.6 Å². The van der Waals surface area contributed by atoms with Gasteiger partial charge in [-0.25, -0.2) is 4.79 Å². The molecule has 1 aromatic carbocycles. The molecule has 0 aliphatic heterocycles. The van der Waals surface area contributed by atoms with E-state index >= 15 is 0 Å². The van der Waals surface area contributed by atoms with Crippen molar-refractivity contribution in [2.45, 2.75) is 0 Å². The molecule has 2 nitrogen and oxygen atoms in total. The number of hydrogen-bond acceptors (Lipinski definition) is 2. The van der Waals surface area contributed by atoms with Gasteiger partial charge in [0.15, 0.2) is 0 Å². The minimum absolute atomic E-state index is 0. The van der Waals surface area contributed by atoms with Gasteiger partial charge in [-0.05, 0) is 12.1 Å². The van der Waals surface area contributed by atoms with E-state index in [0.717, 1.165) is 0 Å². The monoisotopic (exact) mass is 260 g/mol. The third kappa shape index (κ3) is 4.04. The van der Waals surface area contributed by atoms with Crippen LogP contribution in [0.25, 0.3) is 0 Å². The van der Waals surface area contributed by atoms with Crippen LogP contribution in [0, 0.1) is 0 Å². The van der Waals surface area contributed by atoms with Gasteiger partial charge in [0.2, 0.25) is 0 Å². The maximum Gasteiger partial charge on any atom is 0.338 e. The van der Waals surface area contributed by atoms with Gasteiger partial charge in [0.1, 0.15) is 6.61 Å². The summed E-state index contributed by atoms with van der Waals surface area (Å²) < 4.78 is 4.82. The van der Waals surface area contributed by atoms with Crippen LogP contribution in [0.4, 0.5) is 0 Å². The van der Waals surface area contributed by atoms with Crippen molar-refractivity contribution in [2.75, 3.05) is 6.61 Å². The molecule has 0 bridgehead atoms. The zero-order valence-electron chi connectivity index (χ0n) is 7.10. The van der Waals surface area contributed by atoms with Crippen molar-refractivity contribution >= 4 is 5.97 Å². The largest absolute Gasteiger partial charge is 0.458 e. The van der Waals surface area contributed by atoms with Gasteiger partial charge < -0.3 is 4.74 Å². The van der Waals surface area contributed by atoms with Crippen LogP contribution >= 0.6 is 0 Å². The molecular weight excluding hydrogens is 248 g/mol. The van der Waals surface area contributed by atoms with E-state index in [4.69, 9.17) is 4.74 Å². The maximum absolute atomic E-state index is 11.1. The quantitative estimate of drug-likeness (QED) is 0.471. The Morgan fingerprint density at radius 2 is 2.00 bits per heavy atom. The third-order valence-corrected chi connectivity index (χ3v) is 1.34. The van der Waals surface area contributed by atoms with Gasteiger partial charge in [-0.3, -0.25) is 0 Å². The zero-order valence-corrected chi connectivity index (χ0v) is 9.11. The molecule has 3 heteroatoms. The van der Waals surface area contributed by atoms with Crippen molar-refractivity contribution in [3.8, 4) is 0 Å². The fourth-order valence-corrected chi connectivity index (χ4v) is 0.792. The minimum atomic E-state index is -0.310. The summed E-state index contributed by atoms with van der Waals surface area (Å²) in [5.41, 5.74) is 0.569. The zero-order chi connectivity index (χ0) is 8.81. The topological polar surface area (TPSA) is 26.3 Å².